The van der Waals surface area contributed by atoms with Crippen molar-refractivity contribution in [3.8, 4) is 11.5 Å². The zero-order valence-electron chi connectivity index (χ0n) is 14.6. The van der Waals surface area contributed by atoms with Gasteiger partial charge in [-0.2, -0.15) is 0 Å². The van der Waals surface area contributed by atoms with E-state index in [1.165, 1.54) is 0 Å². The molecule has 1 amide bonds. The van der Waals surface area contributed by atoms with Gasteiger partial charge in [-0.15, -0.1) is 0 Å². The van der Waals surface area contributed by atoms with Crippen molar-refractivity contribution in [3.05, 3.63) is 41.7 Å². The molecule has 8 heteroatoms. The molecule has 5 rings (SSSR count). The van der Waals surface area contributed by atoms with E-state index in [2.05, 4.69) is 15.3 Å². The van der Waals surface area contributed by atoms with Crippen LogP contribution in [0.25, 0.3) is 0 Å². The number of carbonyl (C=O) groups is 1. The fourth-order valence-electron chi connectivity index (χ4n) is 3.64. The van der Waals surface area contributed by atoms with Gasteiger partial charge in [-0.3, -0.25) is 10.1 Å². The molecule has 1 N–H and O–H groups in total. The second-order valence-corrected chi connectivity index (χ2v) is 6.80. The summed E-state index contributed by atoms with van der Waals surface area (Å²) in [6, 6.07) is 7.27. The second-order valence-electron chi connectivity index (χ2n) is 6.80. The van der Waals surface area contributed by atoms with Crippen LogP contribution in [0.5, 0.6) is 11.5 Å². The number of anilines is 1. The Morgan fingerprint density at radius 2 is 2.00 bits per heavy atom. The van der Waals surface area contributed by atoms with E-state index in [0.29, 0.717) is 31.1 Å². The van der Waals surface area contributed by atoms with Crippen molar-refractivity contribution in [1.29, 1.82) is 0 Å². The van der Waals surface area contributed by atoms with E-state index in [9.17, 15) is 4.79 Å². The summed E-state index contributed by atoms with van der Waals surface area (Å²) in [6.07, 6.45) is 3.09. The van der Waals surface area contributed by atoms with Gasteiger partial charge >= 0.3 is 0 Å². The number of benzene rings is 1. The Morgan fingerprint density at radius 1 is 1.19 bits per heavy atom. The standard InChI is InChI=1S/C19H19N3O5/c23-17(16-11-24-14-3-1-2-4-15(14)27-16)22-18-20-10-12-9-19(25-7-8-26-19)6-5-13(12)21-18/h1-4,10,16H,5-9,11H2,(H,20,21,22,23). The molecule has 1 fully saturated rings. The number of hydrogen-bond acceptors (Lipinski definition) is 7. The van der Waals surface area contributed by atoms with Crippen LogP contribution in [-0.2, 0) is 27.1 Å². The van der Waals surface area contributed by atoms with Crippen LogP contribution in [-0.4, -0.2) is 47.6 Å². The van der Waals surface area contributed by atoms with E-state index in [-0.39, 0.29) is 18.5 Å². The first kappa shape index (κ1) is 16.5. The van der Waals surface area contributed by atoms with Gasteiger partial charge < -0.3 is 18.9 Å². The summed E-state index contributed by atoms with van der Waals surface area (Å²) in [5.74, 6) is 0.598. The summed E-state index contributed by atoms with van der Waals surface area (Å²) in [6.45, 7) is 1.39. The number of fused-ring (bicyclic) bond motifs is 2. The van der Waals surface area contributed by atoms with Crippen LogP contribution < -0.4 is 14.8 Å². The zero-order valence-corrected chi connectivity index (χ0v) is 14.6. The molecule has 1 aromatic heterocycles. The average Bonchev–Trinajstić information content (AvgIpc) is 3.15. The highest BCUT2D eigenvalue weighted by atomic mass is 16.7. The quantitative estimate of drug-likeness (QED) is 0.857. The molecule has 0 radical (unpaired) electrons. The summed E-state index contributed by atoms with van der Waals surface area (Å²) in [7, 11) is 0. The smallest absolute Gasteiger partial charge is 0.271 e. The van der Waals surface area contributed by atoms with Crippen LogP contribution in [0.1, 0.15) is 17.7 Å². The molecule has 0 saturated carbocycles. The summed E-state index contributed by atoms with van der Waals surface area (Å²) in [5, 5.41) is 2.72. The number of aryl methyl sites for hydroxylation is 1. The Morgan fingerprint density at radius 3 is 2.85 bits per heavy atom. The van der Waals surface area contributed by atoms with Crippen LogP contribution in [0.2, 0.25) is 0 Å². The highest BCUT2D eigenvalue weighted by Gasteiger charge is 2.40. The minimum absolute atomic E-state index is 0.144. The number of nitrogens with one attached hydrogen (secondary N) is 1. The number of hydrogen-bond donors (Lipinski definition) is 1. The predicted molar refractivity (Wildman–Crippen MR) is 93.7 cm³/mol. The summed E-state index contributed by atoms with van der Waals surface area (Å²) >= 11 is 0. The maximum Gasteiger partial charge on any atom is 0.271 e. The molecule has 1 unspecified atom stereocenters. The maximum absolute atomic E-state index is 12.5. The molecule has 140 valence electrons. The normalized spacial score (nSPS) is 22.3. The van der Waals surface area contributed by atoms with Crippen LogP contribution >= 0.6 is 0 Å². The monoisotopic (exact) mass is 369 g/mol. The number of nitrogens with zero attached hydrogens (tertiary/aromatic N) is 2. The molecule has 3 heterocycles. The van der Waals surface area contributed by atoms with E-state index >= 15 is 0 Å². The SMILES string of the molecule is O=C(Nc1ncc2c(n1)CCC1(C2)OCCO1)C1COc2ccccc2O1. The van der Waals surface area contributed by atoms with E-state index in [0.717, 1.165) is 24.1 Å². The highest BCUT2D eigenvalue weighted by molar-refractivity contribution is 5.93. The lowest BCUT2D eigenvalue weighted by molar-refractivity contribution is -0.164. The van der Waals surface area contributed by atoms with Crippen LogP contribution in [0.15, 0.2) is 30.5 Å². The molecule has 1 aromatic carbocycles. The third kappa shape index (κ3) is 3.11. The molecular formula is C19H19N3O5. The molecule has 1 spiro atoms. The molecule has 3 aliphatic rings. The summed E-state index contributed by atoms with van der Waals surface area (Å²) in [4.78, 5) is 21.3. The van der Waals surface area contributed by atoms with Gasteiger partial charge in [0.2, 0.25) is 12.1 Å². The first-order valence-corrected chi connectivity index (χ1v) is 9.03. The third-order valence-electron chi connectivity index (χ3n) is 5.01. The molecule has 2 aromatic rings. The third-order valence-corrected chi connectivity index (χ3v) is 5.01. The van der Waals surface area contributed by atoms with Gasteiger partial charge in [0, 0.05) is 24.7 Å². The average molecular weight is 369 g/mol. The highest BCUT2D eigenvalue weighted by Crippen LogP contribution is 2.35. The van der Waals surface area contributed by atoms with E-state index in [1.54, 1.807) is 18.3 Å². The lowest BCUT2D eigenvalue weighted by Crippen LogP contribution is -2.41. The van der Waals surface area contributed by atoms with Gasteiger partial charge in [0.25, 0.3) is 5.91 Å². The fraction of sp³-hybridized carbons (Fsp3) is 0.421. The van der Waals surface area contributed by atoms with Crippen molar-refractivity contribution in [2.45, 2.75) is 31.2 Å². The number of ether oxygens (including phenoxy) is 4. The number of rotatable bonds is 2. The minimum Gasteiger partial charge on any atom is -0.485 e. The zero-order chi connectivity index (χ0) is 18.3. The van der Waals surface area contributed by atoms with Gasteiger partial charge in [-0.1, -0.05) is 12.1 Å². The molecule has 2 aliphatic heterocycles. The fourth-order valence-corrected chi connectivity index (χ4v) is 3.64. The largest absolute Gasteiger partial charge is 0.485 e. The lowest BCUT2D eigenvalue weighted by Gasteiger charge is -2.32. The van der Waals surface area contributed by atoms with Gasteiger partial charge in [0.1, 0.15) is 6.61 Å². The molecule has 27 heavy (non-hydrogen) atoms. The first-order valence-electron chi connectivity index (χ1n) is 9.03. The Hall–Kier alpha value is -2.71. The van der Waals surface area contributed by atoms with Crippen molar-refractivity contribution in [1.82, 2.24) is 9.97 Å². The Balaban J connectivity index is 1.27. The molecular weight excluding hydrogens is 350 g/mol. The number of aromatic nitrogens is 2. The molecule has 1 aliphatic carbocycles. The maximum atomic E-state index is 12.5. The van der Waals surface area contributed by atoms with Gasteiger partial charge in [0.05, 0.1) is 13.2 Å². The van der Waals surface area contributed by atoms with Crippen LogP contribution in [0, 0.1) is 0 Å². The number of amides is 1. The van der Waals surface area contributed by atoms with Crippen molar-refractivity contribution in [2.24, 2.45) is 0 Å². The van der Waals surface area contributed by atoms with Gasteiger partial charge in [-0.25, -0.2) is 9.97 Å². The Bertz CT molecular complexity index is 881. The van der Waals surface area contributed by atoms with E-state index in [4.69, 9.17) is 18.9 Å². The van der Waals surface area contributed by atoms with E-state index < -0.39 is 11.9 Å². The molecule has 8 nitrogen and oxygen atoms in total. The van der Waals surface area contributed by atoms with Crippen molar-refractivity contribution < 1.29 is 23.7 Å². The Kier molecular flexibility index (Phi) is 3.95. The molecule has 0 bridgehead atoms. The topological polar surface area (TPSA) is 91.8 Å². The van der Waals surface area contributed by atoms with Gasteiger partial charge in [0.15, 0.2) is 17.3 Å². The van der Waals surface area contributed by atoms with E-state index in [1.807, 2.05) is 12.1 Å². The summed E-state index contributed by atoms with van der Waals surface area (Å²) in [5.41, 5.74) is 1.91. The second kappa shape index (κ2) is 6.47. The van der Waals surface area contributed by atoms with Crippen LogP contribution in [0.4, 0.5) is 5.95 Å². The first-order chi connectivity index (χ1) is 13.2. The lowest BCUT2D eigenvalue weighted by atomic mass is 9.92. The van der Waals surface area contributed by atoms with Crippen LogP contribution in [0.3, 0.4) is 0 Å². The number of carbonyl (C=O) groups excluding carboxylic acids is 1. The predicted octanol–water partition coefficient (Wildman–Crippen LogP) is 1.49. The summed E-state index contributed by atoms with van der Waals surface area (Å²) < 4.78 is 22.8. The van der Waals surface area contributed by atoms with Crippen molar-refractivity contribution in [2.75, 3.05) is 25.1 Å². The van der Waals surface area contributed by atoms with Gasteiger partial charge in [-0.05, 0) is 24.1 Å². The molecule has 1 atom stereocenters. The minimum atomic E-state index is -0.747. The number of para-hydroxylation sites is 2. The van der Waals surface area contributed by atoms with Crippen molar-refractivity contribution in [3.63, 3.8) is 0 Å². The molecule has 1 saturated heterocycles. The Labute approximate surface area is 155 Å². The van der Waals surface area contributed by atoms with Crippen molar-refractivity contribution >= 4 is 11.9 Å².